The fourth-order valence-corrected chi connectivity index (χ4v) is 1.19. The standard InChI is InChI=1S/C6H14N2.2CH4.O3S.Pt/c7-5-3-1-2-4-6(5)8;;;1-4(2)3;/h5-6H,1-4,7-8H2;2*1H4;;/q;;;-1;+1/t5-,6+;;;;. The Kier molecular flexibility index (Phi) is 13.5. The molecule has 0 unspecified atom stereocenters. The van der Waals surface area contributed by atoms with E-state index in [0.717, 1.165) is 31.4 Å². The number of hydrogen-bond acceptors (Lipinski definition) is 5. The van der Waals surface area contributed by atoms with E-state index in [2.05, 4.69) is 0 Å². The van der Waals surface area contributed by atoms with Gasteiger partial charge in [0.05, 0.1) is 0 Å². The van der Waals surface area contributed by atoms with Crippen molar-refractivity contribution in [2.24, 2.45) is 11.5 Å². The average Bonchev–Trinajstić information content (AvgIpc) is 1.92. The molecule has 1 rings (SSSR count). The van der Waals surface area contributed by atoms with Crippen LogP contribution in [0.15, 0.2) is 0 Å². The van der Waals surface area contributed by atoms with E-state index in [9.17, 15) is 0 Å². The monoisotopic (exact) mass is 421 g/mol. The summed E-state index contributed by atoms with van der Waals surface area (Å²) >= 11 is 0.780. The Hall–Kier alpha value is 0.518. The first-order valence-corrected chi connectivity index (χ1v) is 7.99. The van der Waals surface area contributed by atoms with Crippen molar-refractivity contribution in [2.75, 3.05) is 0 Å². The van der Waals surface area contributed by atoms with Crippen molar-refractivity contribution < 1.29 is 31.5 Å². The van der Waals surface area contributed by atoms with E-state index in [1.165, 1.54) is 12.8 Å². The Morgan fingerprint density at radius 3 is 1.40 bits per heavy atom. The zero-order valence-corrected chi connectivity index (χ0v) is 10.2. The molecule has 98 valence electrons. The summed E-state index contributed by atoms with van der Waals surface area (Å²) in [6.45, 7) is 0. The van der Waals surface area contributed by atoms with Crippen LogP contribution in [-0.2, 0) is 26.4 Å². The molecule has 4 N–H and O–H groups in total. The van der Waals surface area contributed by atoms with E-state index in [-0.39, 0.29) is 26.9 Å². The fraction of sp³-hybridized carbons (Fsp3) is 1.00. The van der Waals surface area contributed by atoms with Crippen LogP contribution in [0.3, 0.4) is 0 Å². The molecule has 0 bridgehead atoms. The first kappa shape index (κ1) is 20.9. The molecule has 0 heterocycles. The van der Waals surface area contributed by atoms with Crippen LogP contribution in [0.25, 0.3) is 0 Å². The summed E-state index contributed by atoms with van der Waals surface area (Å²) < 4.78 is 27.2. The molecule has 1 aliphatic carbocycles. The molecule has 0 aromatic carbocycles. The predicted molar refractivity (Wildman–Crippen MR) is 57.6 cm³/mol. The van der Waals surface area contributed by atoms with Crippen LogP contribution in [0.4, 0.5) is 0 Å². The maximum atomic E-state index is 9.06. The van der Waals surface area contributed by atoms with Crippen LogP contribution in [0.1, 0.15) is 40.5 Å². The molecule has 0 aromatic rings. The first-order chi connectivity index (χ1) is 5.80. The van der Waals surface area contributed by atoms with E-state index in [1.54, 1.807) is 0 Å². The van der Waals surface area contributed by atoms with Crippen molar-refractivity contribution in [3.05, 3.63) is 0 Å². The van der Waals surface area contributed by atoms with E-state index >= 15 is 0 Å². The summed E-state index contributed by atoms with van der Waals surface area (Å²) in [4.78, 5) is 0. The van der Waals surface area contributed by atoms with Crippen molar-refractivity contribution in [1.29, 1.82) is 0 Å². The van der Waals surface area contributed by atoms with Crippen LogP contribution >= 0.6 is 0 Å². The van der Waals surface area contributed by atoms with Crippen LogP contribution in [0.2, 0.25) is 0 Å². The van der Waals surface area contributed by atoms with Gasteiger partial charge >= 0.3 is 39.3 Å². The molecule has 0 aromatic heterocycles. The molecule has 0 saturated heterocycles. The molecule has 0 radical (unpaired) electrons. The van der Waals surface area contributed by atoms with Gasteiger partial charge in [-0.1, -0.05) is 27.7 Å². The van der Waals surface area contributed by atoms with Gasteiger partial charge in [-0.2, -0.15) is 0 Å². The van der Waals surface area contributed by atoms with Crippen LogP contribution in [-0.4, -0.2) is 25.1 Å². The Balaban J connectivity index is -0.000000185. The maximum absolute atomic E-state index is 9.06. The third-order valence-corrected chi connectivity index (χ3v) is 1.87. The summed E-state index contributed by atoms with van der Waals surface area (Å²) in [6.07, 6.45) is 4.80. The van der Waals surface area contributed by atoms with E-state index in [0.29, 0.717) is 0 Å². The zero-order chi connectivity index (χ0) is 10.5. The topological polar surface area (TPSA) is 109 Å². The van der Waals surface area contributed by atoms with Gasteiger partial charge in [-0.15, -0.1) is 0 Å². The summed E-state index contributed by atoms with van der Waals surface area (Å²) in [5, 5.41) is 0. The third-order valence-electron chi connectivity index (χ3n) is 1.87. The molecular weight excluding hydrogens is 399 g/mol. The Labute approximate surface area is 103 Å². The van der Waals surface area contributed by atoms with Crippen molar-refractivity contribution >= 4 is 7.82 Å². The van der Waals surface area contributed by atoms with Gasteiger partial charge in [0, 0.05) is 12.1 Å². The normalized spacial score (nSPS) is 25.1. The Morgan fingerprint density at radius 1 is 1.07 bits per heavy atom. The van der Waals surface area contributed by atoms with E-state index in [4.69, 9.17) is 24.4 Å². The minimum absolute atomic E-state index is 0. The average molecular weight is 421 g/mol. The minimum atomic E-state index is -3.94. The molecule has 0 spiro atoms. The molecule has 15 heavy (non-hydrogen) atoms. The van der Waals surface area contributed by atoms with Gasteiger partial charge < -0.3 is 11.5 Å². The summed E-state index contributed by atoms with van der Waals surface area (Å²) in [5.41, 5.74) is 11.3. The van der Waals surface area contributed by atoms with Crippen molar-refractivity contribution in [2.45, 2.75) is 52.6 Å². The molecule has 2 atom stereocenters. The van der Waals surface area contributed by atoms with Gasteiger partial charge in [0.1, 0.15) is 0 Å². The van der Waals surface area contributed by atoms with E-state index in [1.807, 2.05) is 0 Å². The van der Waals surface area contributed by atoms with Gasteiger partial charge in [0.2, 0.25) is 0 Å². The summed E-state index contributed by atoms with van der Waals surface area (Å²) in [7, 11) is -3.94. The van der Waals surface area contributed by atoms with Crippen molar-refractivity contribution in [1.82, 2.24) is 0 Å². The fourth-order valence-electron chi connectivity index (χ4n) is 1.19. The molecule has 1 saturated carbocycles. The van der Waals surface area contributed by atoms with E-state index < -0.39 is 7.82 Å². The SMILES string of the molecule is C.C.N[C@@H]1CCCC[C@@H]1N.O=[S](=O)([O-])[Pt+]. The molecular formula is C8H22N2O3PtS. The van der Waals surface area contributed by atoms with Crippen LogP contribution in [0, 0.1) is 0 Å². The first-order valence-electron chi connectivity index (χ1n) is 3.95. The molecule has 0 amide bonds. The zero-order valence-electron chi connectivity index (χ0n) is 7.09. The van der Waals surface area contributed by atoms with Gasteiger partial charge in [-0.25, -0.2) is 0 Å². The quantitative estimate of drug-likeness (QED) is 0.553. The van der Waals surface area contributed by atoms with Gasteiger partial charge in [-0.05, 0) is 12.8 Å². The van der Waals surface area contributed by atoms with Gasteiger partial charge in [0.15, 0.2) is 0 Å². The molecule has 0 aliphatic heterocycles. The van der Waals surface area contributed by atoms with Crippen molar-refractivity contribution in [3.63, 3.8) is 0 Å². The summed E-state index contributed by atoms with van der Waals surface area (Å²) in [6, 6.07) is 0.562. The molecule has 5 nitrogen and oxygen atoms in total. The summed E-state index contributed by atoms with van der Waals surface area (Å²) in [5.74, 6) is 0. The van der Waals surface area contributed by atoms with Gasteiger partial charge in [-0.3, -0.25) is 0 Å². The van der Waals surface area contributed by atoms with Crippen LogP contribution in [0.5, 0.6) is 0 Å². The second-order valence-corrected chi connectivity index (χ2v) is 7.11. The van der Waals surface area contributed by atoms with Crippen molar-refractivity contribution in [3.8, 4) is 0 Å². The number of rotatable bonds is 0. The molecule has 1 fully saturated rings. The number of nitrogens with two attached hydrogens (primary N) is 2. The van der Waals surface area contributed by atoms with Gasteiger partial charge in [0.25, 0.3) is 0 Å². The molecule has 1 aliphatic rings. The third kappa shape index (κ3) is 17.1. The second kappa shape index (κ2) is 9.72. The molecule has 7 heteroatoms. The predicted octanol–water partition coefficient (Wildman–Crippen LogP) is 0.481. The Morgan fingerprint density at radius 2 is 1.27 bits per heavy atom. The Bertz CT molecular complexity index is 216. The number of hydrogen-bond donors (Lipinski definition) is 2. The van der Waals surface area contributed by atoms with Crippen LogP contribution < -0.4 is 11.5 Å². The second-order valence-electron chi connectivity index (χ2n) is 2.97.